The van der Waals surface area contributed by atoms with Crippen molar-refractivity contribution in [1.82, 2.24) is 4.90 Å². The van der Waals surface area contributed by atoms with Crippen molar-refractivity contribution in [3.05, 3.63) is 22.4 Å². The van der Waals surface area contributed by atoms with Crippen LogP contribution >= 0.6 is 11.3 Å². The van der Waals surface area contributed by atoms with E-state index in [1.807, 2.05) is 32.2 Å². The van der Waals surface area contributed by atoms with E-state index in [1.54, 1.807) is 23.3 Å². The van der Waals surface area contributed by atoms with Crippen LogP contribution in [0.4, 0.5) is 0 Å². The Morgan fingerprint density at radius 2 is 2.00 bits per heavy atom. The summed E-state index contributed by atoms with van der Waals surface area (Å²) < 4.78 is 0. The molecule has 1 rings (SSSR count). The molecule has 1 aromatic rings. The predicted molar refractivity (Wildman–Crippen MR) is 85.5 cm³/mol. The Balaban J connectivity index is 2.70. The molecule has 0 bridgehead atoms. The van der Waals surface area contributed by atoms with Gasteiger partial charge < -0.3 is 10.0 Å². The second kappa shape index (κ2) is 7.59. The fourth-order valence-corrected chi connectivity index (χ4v) is 3.22. The predicted octanol–water partition coefficient (Wildman–Crippen LogP) is 3.42. The van der Waals surface area contributed by atoms with Gasteiger partial charge >= 0.3 is 5.97 Å². The van der Waals surface area contributed by atoms with Crippen LogP contribution in [0.5, 0.6) is 0 Å². The number of amides is 1. The maximum atomic E-state index is 12.4. The van der Waals surface area contributed by atoms with Gasteiger partial charge in [-0.15, -0.1) is 11.3 Å². The van der Waals surface area contributed by atoms with Gasteiger partial charge in [-0.1, -0.05) is 19.9 Å². The third kappa shape index (κ3) is 4.30. The molecule has 0 aliphatic heterocycles. The highest BCUT2D eigenvalue weighted by Crippen LogP contribution is 2.32. The van der Waals surface area contributed by atoms with Crippen LogP contribution in [-0.4, -0.2) is 35.0 Å². The number of hydrogen-bond donors (Lipinski definition) is 1. The molecular weight excluding hydrogens is 286 g/mol. The van der Waals surface area contributed by atoms with Crippen LogP contribution < -0.4 is 0 Å². The minimum absolute atomic E-state index is 0.0661. The fraction of sp³-hybridized carbons (Fsp3) is 0.625. The Morgan fingerprint density at radius 1 is 1.38 bits per heavy atom. The molecule has 0 fully saturated rings. The van der Waals surface area contributed by atoms with E-state index in [9.17, 15) is 14.7 Å². The van der Waals surface area contributed by atoms with Crippen LogP contribution in [0.1, 0.15) is 44.9 Å². The maximum absolute atomic E-state index is 12.4. The van der Waals surface area contributed by atoms with Crippen molar-refractivity contribution in [2.24, 2.45) is 5.41 Å². The first-order chi connectivity index (χ1) is 9.86. The zero-order valence-electron chi connectivity index (χ0n) is 13.3. The van der Waals surface area contributed by atoms with Crippen molar-refractivity contribution in [2.75, 3.05) is 7.05 Å². The lowest BCUT2D eigenvalue weighted by Gasteiger charge is -2.31. The van der Waals surface area contributed by atoms with Gasteiger partial charge in [0.25, 0.3) is 0 Å². The Labute approximate surface area is 130 Å². The van der Waals surface area contributed by atoms with E-state index in [0.717, 1.165) is 6.42 Å². The Kier molecular flexibility index (Phi) is 6.40. The minimum Gasteiger partial charge on any atom is -0.481 e. The van der Waals surface area contributed by atoms with Gasteiger partial charge in [0.15, 0.2) is 0 Å². The van der Waals surface area contributed by atoms with Crippen LogP contribution in [0.15, 0.2) is 17.5 Å². The summed E-state index contributed by atoms with van der Waals surface area (Å²) in [4.78, 5) is 26.8. The molecule has 118 valence electrons. The molecule has 1 amide bonds. The number of hydrogen-bond acceptors (Lipinski definition) is 3. The van der Waals surface area contributed by atoms with Gasteiger partial charge in [0, 0.05) is 30.8 Å². The zero-order chi connectivity index (χ0) is 16.0. The molecule has 5 heteroatoms. The summed E-state index contributed by atoms with van der Waals surface area (Å²) in [5.41, 5.74) is -0.937. The quantitative estimate of drug-likeness (QED) is 0.800. The summed E-state index contributed by atoms with van der Waals surface area (Å²) in [6.45, 7) is 5.66. The normalized spacial score (nSPS) is 13.0. The molecule has 0 spiro atoms. The maximum Gasteiger partial charge on any atom is 0.310 e. The smallest absolute Gasteiger partial charge is 0.310 e. The van der Waals surface area contributed by atoms with E-state index >= 15 is 0 Å². The van der Waals surface area contributed by atoms with Crippen molar-refractivity contribution in [1.29, 1.82) is 0 Å². The standard InChI is InChI=1S/C16H25NO3S/c1-5-16(6-2,15(19)20)11-14(18)17(4)12(3)10-13-8-7-9-21-13/h7-9,12H,5-6,10-11H2,1-4H3,(H,19,20). The highest BCUT2D eigenvalue weighted by atomic mass is 32.1. The lowest BCUT2D eigenvalue weighted by atomic mass is 9.79. The van der Waals surface area contributed by atoms with E-state index < -0.39 is 11.4 Å². The number of carboxylic acid groups (broad SMARTS) is 1. The number of carbonyl (C=O) groups is 2. The zero-order valence-corrected chi connectivity index (χ0v) is 14.1. The van der Waals surface area contributed by atoms with Crippen LogP contribution in [0.3, 0.4) is 0 Å². The summed E-state index contributed by atoms with van der Waals surface area (Å²) in [5.74, 6) is -0.967. The number of aliphatic carboxylic acids is 1. The number of nitrogens with zero attached hydrogens (tertiary/aromatic N) is 1. The number of rotatable bonds is 8. The molecule has 1 atom stereocenters. The average Bonchev–Trinajstić information content (AvgIpc) is 2.96. The molecule has 1 N–H and O–H groups in total. The van der Waals surface area contributed by atoms with Gasteiger partial charge in [-0.3, -0.25) is 9.59 Å². The van der Waals surface area contributed by atoms with E-state index in [4.69, 9.17) is 0 Å². The van der Waals surface area contributed by atoms with Crippen molar-refractivity contribution < 1.29 is 14.7 Å². The summed E-state index contributed by atoms with van der Waals surface area (Å²) in [5, 5.41) is 11.5. The van der Waals surface area contributed by atoms with Crippen LogP contribution in [0.2, 0.25) is 0 Å². The minimum atomic E-state index is -0.937. The molecule has 1 heterocycles. The van der Waals surface area contributed by atoms with Gasteiger partial charge in [0.05, 0.1) is 5.41 Å². The molecule has 1 unspecified atom stereocenters. The lowest BCUT2D eigenvalue weighted by Crippen LogP contribution is -2.41. The van der Waals surface area contributed by atoms with Gasteiger partial charge in [-0.25, -0.2) is 0 Å². The average molecular weight is 311 g/mol. The molecule has 21 heavy (non-hydrogen) atoms. The number of carbonyl (C=O) groups excluding carboxylic acids is 1. The molecule has 0 saturated carbocycles. The molecular formula is C16H25NO3S. The molecule has 0 radical (unpaired) electrons. The van der Waals surface area contributed by atoms with Gasteiger partial charge in [0.2, 0.25) is 5.91 Å². The summed E-state index contributed by atoms with van der Waals surface area (Å²) >= 11 is 1.68. The van der Waals surface area contributed by atoms with Crippen molar-refractivity contribution in [2.45, 2.75) is 52.5 Å². The Hall–Kier alpha value is -1.36. The summed E-state index contributed by atoms with van der Waals surface area (Å²) in [6.07, 6.45) is 1.81. The fourth-order valence-electron chi connectivity index (χ4n) is 2.39. The molecule has 0 saturated heterocycles. The first-order valence-corrected chi connectivity index (χ1v) is 8.25. The third-order valence-corrected chi connectivity index (χ3v) is 5.33. The molecule has 4 nitrogen and oxygen atoms in total. The molecule has 0 aliphatic rings. The van der Waals surface area contributed by atoms with E-state index in [2.05, 4.69) is 6.07 Å². The topological polar surface area (TPSA) is 57.6 Å². The Morgan fingerprint density at radius 3 is 2.43 bits per heavy atom. The molecule has 1 aromatic heterocycles. The lowest BCUT2D eigenvalue weighted by molar-refractivity contribution is -0.154. The van der Waals surface area contributed by atoms with Crippen LogP contribution in [-0.2, 0) is 16.0 Å². The number of likely N-dealkylation sites (N-methyl/N-ethyl adjacent to an activating group) is 1. The van der Waals surface area contributed by atoms with E-state index in [1.165, 1.54) is 4.88 Å². The highest BCUT2D eigenvalue weighted by Gasteiger charge is 2.38. The largest absolute Gasteiger partial charge is 0.481 e. The Bertz CT molecular complexity index is 466. The molecule has 0 aliphatic carbocycles. The van der Waals surface area contributed by atoms with Gasteiger partial charge in [0.1, 0.15) is 0 Å². The number of thiophene rings is 1. The van der Waals surface area contributed by atoms with E-state index in [-0.39, 0.29) is 18.4 Å². The second-order valence-corrected chi connectivity index (χ2v) is 6.64. The van der Waals surface area contributed by atoms with Crippen molar-refractivity contribution in [3.63, 3.8) is 0 Å². The second-order valence-electron chi connectivity index (χ2n) is 5.61. The van der Waals surface area contributed by atoms with Crippen molar-refractivity contribution >= 4 is 23.2 Å². The van der Waals surface area contributed by atoms with Crippen molar-refractivity contribution in [3.8, 4) is 0 Å². The SMILES string of the molecule is CCC(CC)(CC(=O)N(C)C(C)Cc1cccs1)C(=O)O. The monoisotopic (exact) mass is 311 g/mol. The number of carboxylic acids is 1. The van der Waals surface area contributed by atoms with E-state index in [0.29, 0.717) is 12.8 Å². The summed E-state index contributed by atoms with van der Waals surface area (Å²) in [6, 6.07) is 4.12. The first-order valence-electron chi connectivity index (χ1n) is 7.37. The highest BCUT2D eigenvalue weighted by molar-refractivity contribution is 7.09. The summed E-state index contributed by atoms with van der Waals surface area (Å²) in [7, 11) is 1.76. The third-order valence-electron chi connectivity index (χ3n) is 4.43. The van der Waals surface area contributed by atoms with Crippen LogP contribution in [0.25, 0.3) is 0 Å². The first kappa shape index (κ1) is 17.7. The molecule has 0 aromatic carbocycles. The van der Waals surface area contributed by atoms with Gasteiger partial charge in [-0.2, -0.15) is 0 Å². The van der Waals surface area contributed by atoms with Gasteiger partial charge in [-0.05, 0) is 31.2 Å². The van der Waals surface area contributed by atoms with Crippen LogP contribution in [0, 0.1) is 5.41 Å².